The minimum Gasteiger partial charge on any atom is -0.493 e. The molecule has 0 saturated heterocycles. The maximum absolute atomic E-state index is 12.5. The van der Waals surface area contributed by atoms with Gasteiger partial charge in [0, 0.05) is 24.2 Å². The molecule has 170 valence electrons. The number of carbonyl (C=O) groups is 1. The van der Waals surface area contributed by atoms with Gasteiger partial charge in [-0.25, -0.2) is 0 Å². The number of nitrogens with one attached hydrogen (secondary N) is 1. The van der Waals surface area contributed by atoms with Crippen LogP contribution >= 0.6 is 0 Å². The van der Waals surface area contributed by atoms with Gasteiger partial charge >= 0.3 is 0 Å². The smallest absolute Gasteiger partial charge is 0.251 e. The summed E-state index contributed by atoms with van der Waals surface area (Å²) in [5.41, 5.74) is 2.78. The lowest BCUT2D eigenvalue weighted by atomic mass is 10.2. The van der Waals surface area contributed by atoms with E-state index in [9.17, 15) is 4.79 Å². The number of amides is 1. The number of rotatable bonds is 11. The molecule has 7 nitrogen and oxygen atoms in total. The lowest BCUT2D eigenvalue weighted by Crippen LogP contribution is -2.33. The average molecular weight is 439 g/mol. The minimum atomic E-state index is -0.198. The van der Waals surface area contributed by atoms with Crippen molar-refractivity contribution in [3.63, 3.8) is 0 Å². The molecule has 0 aliphatic heterocycles. The van der Waals surface area contributed by atoms with Gasteiger partial charge in [0.05, 0.1) is 33.3 Å². The van der Waals surface area contributed by atoms with E-state index in [-0.39, 0.29) is 12.0 Å². The van der Waals surface area contributed by atoms with Crippen LogP contribution in [0.1, 0.15) is 28.4 Å². The number of furan rings is 1. The van der Waals surface area contributed by atoms with E-state index in [1.54, 1.807) is 44.9 Å². The highest BCUT2D eigenvalue weighted by atomic mass is 16.5. The maximum atomic E-state index is 12.5. The van der Waals surface area contributed by atoms with Crippen molar-refractivity contribution in [3.05, 3.63) is 77.7 Å². The molecule has 0 aliphatic rings. The molecule has 0 aliphatic carbocycles. The summed E-state index contributed by atoms with van der Waals surface area (Å²) in [6.45, 7) is 3.89. The SMILES string of the molecule is COc1ccc(C(=O)NC[C@@H](C)Oc2cccc(CN(C)Cc3ccoc3)c2)cc1OC. The second kappa shape index (κ2) is 11.2. The predicted octanol–water partition coefficient (Wildman–Crippen LogP) is 4.13. The first-order chi connectivity index (χ1) is 15.5. The van der Waals surface area contributed by atoms with Crippen LogP contribution in [0.2, 0.25) is 0 Å². The van der Waals surface area contributed by atoms with E-state index in [0.29, 0.717) is 23.6 Å². The average Bonchev–Trinajstić information content (AvgIpc) is 3.30. The van der Waals surface area contributed by atoms with Crippen molar-refractivity contribution in [1.29, 1.82) is 0 Å². The summed E-state index contributed by atoms with van der Waals surface area (Å²) in [4.78, 5) is 14.7. The fraction of sp³-hybridized carbons (Fsp3) is 0.320. The molecule has 1 amide bonds. The molecule has 1 heterocycles. The molecule has 32 heavy (non-hydrogen) atoms. The lowest BCUT2D eigenvalue weighted by Gasteiger charge is -2.18. The summed E-state index contributed by atoms with van der Waals surface area (Å²) in [5, 5.41) is 2.90. The largest absolute Gasteiger partial charge is 0.493 e. The van der Waals surface area contributed by atoms with Crippen LogP contribution in [0.3, 0.4) is 0 Å². The van der Waals surface area contributed by atoms with Crippen LogP contribution in [0.25, 0.3) is 0 Å². The van der Waals surface area contributed by atoms with Crippen molar-refractivity contribution in [2.24, 2.45) is 0 Å². The highest BCUT2D eigenvalue weighted by molar-refractivity contribution is 5.94. The van der Waals surface area contributed by atoms with Crippen molar-refractivity contribution in [2.45, 2.75) is 26.1 Å². The number of carbonyl (C=O) groups excluding carboxylic acids is 1. The van der Waals surface area contributed by atoms with Crippen molar-refractivity contribution in [1.82, 2.24) is 10.2 Å². The second-order valence-corrected chi connectivity index (χ2v) is 7.66. The van der Waals surface area contributed by atoms with Crippen molar-refractivity contribution in [3.8, 4) is 17.2 Å². The van der Waals surface area contributed by atoms with E-state index in [0.717, 1.165) is 30.0 Å². The molecule has 1 atom stereocenters. The molecule has 3 aromatic rings. The van der Waals surface area contributed by atoms with Crippen LogP contribution in [0.5, 0.6) is 17.2 Å². The number of hydrogen-bond donors (Lipinski definition) is 1. The third kappa shape index (κ3) is 6.52. The molecule has 7 heteroatoms. The van der Waals surface area contributed by atoms with Crippen molar-refractivity contribution in [2.75, 3.05) is 27.8 Å². The number of methoxy groups -OCH3 is 2. The van der Waals surface area contributed by atoms with Gasteiger partial charge in [-0.05, 0) is 55.9 Å². The Morgan fingerprint density at radius 2 is 1.81 bits per heavy atom. The standard InChI is InChI=1S/C25H30N2O5/c1-18(14-26-25(28)21-8-9-23(29-3)24(13-21)30-4)32-22-7-5-6-19(12-22)15-27(2)16-20-10-11-31-17-20/h5-13,17-18H,14-16H2,1-4H3,(H,26,28)/t18-/m1/s1. The van der Waals surface area contributed by atoms with E-state index in [2.05, 4.69) is 23.3 Å². The van der Waals surface area contributed by atoms with Gasteiger partial charge in [0.25, 0.3) is 5.91 Å². The molecule has 3 rings (SSSR count). The van der Waals surface area contributed by atoms with Crippen LogP contribution in [0.15, 0.2) is 65.5 Å². The zero-order valence-corrected chi connectivity index (χ0v) is 19.0. The third-order valence-corrected chi connectivity index (χ3v) is 4.92. The van der Waals surface area contributed by atoms with Gasteiger partial charge in [0.15, 0.2) is 11.5 Å². The summed E-state index contributed by atoms with van der Waals surface area (Å²) in [7, 11) is 5.16. The maximum Gasteiger partial charge on any atom is 0.251 e. The topological polar surface area (TPSA) is 73.2 Å². The molecule has 0 bridgehead atoms. The fourth-order valence-electron chi connectivity index (χ4n) is 3.37. The fourth-order valence-corrected chi connectivity index (χ4v) is 3.37. The summed E-state index contributed by atoms with van der Waals surface area (Å²) in [6.07, 6.45) is 3.25. The number of ether oxygens (including phenoxy) is 3. The molecular weight excluding hydrogens is 408 g/mol. The molecular formula is C25H30N2O5. The first kappa shape index (κ1) is 23.2. The Morgan fingerprint density at radius 1 is 1.03 bits per heavy atom. The minimum absolute atomic E-state index is 0.196. The van der Waals surface area contributed by atoms with Gasteiger partial charge in [0.2, 0.25) is 0 Å². The van der Waals surface area contributed by atoms with E-state index in [1.807, 2.05) is 31.2 Å². The zero-order chi connectivity index (χ0) is 22.9. The van der Waals surface area contributed by atoms with Crippen LogP contribution in [0, 0.1) is 0 Å². The second-order valence-electron chi connectivity index (χ2n) is 7.66. The summed E-state index contributed by atoms with van der Waals surface area (Å²) in [6, 6.07) is 15.0. The molecule has 0 saturated carbocycles. The van der Waals surface area contributed by atoms with Gasteiger partial charge in [-0.15, -0.1) is 0 Å². The van der Waals surface area contributed by atoms with Gasteiger partial charge < -0.3 is 23.9 Å². The van der Waals surface area contributed by atoms with Crippen LogP contribution in [-0.2, 0) is 13.1 Å². The zero-order valence-electron chi connectivity index (χ0n) is 19.0. The first-order valence-electron chi connectivity index (χ1n) is 10.4. The molecule has 0 radical (unpaired) electrons. The van der Waals surface area contributed by atoms with E-state index in [4.69, 9.17) is 18.6 Å². The summed E-state index contributed by atoms with van der Waals surface area (Å²) >= 11 is 0. The van der Waals surface area contributed by atoms with Gasteiger partial charge in [0.1, 0.15) is 11.9 Å². The Hall–Kier alpha value is -3.45. The summed E-state index contributed by atoms with van der Waals surface area (Å²) < 4.78 is 21.6. The third-order valence-electron chi connectivity index (χ3n) is 4.92. The Balaban J connectivity index is 1.51. The Bertz CT molecular complexity index is 1000. The molecule has 0 spiro atoms. The quantitative estimate of drug-likeness (QED) is 0.485. The van der Waals surface area contributed by atoms with Gasteiger partial charge in [-0.1, -0.05) is 12.1 Å². The Kier molecular flexibility index (Phi) is 8.16. The van der Waals surface area contributed by atoms with E-state index < -0.39 is 0 Å². The molecule has 1 N–H and O–H groups in total. The highest BCUT2D eigenvalue weighted by Gasteiger charge is 2.13. The van der Waals surface area contributed by atoms with Crippen molar-refractivity contribution >= 4 is 5.91 Å². The number of nitrogens with zero attached hydrogens (tertiary/aromatic N) is 1. The molecule has 1 aromatic heterocycles. The normalized spacial score (nSPS) is 11.8. The Labute approximate surface area is 188 Å². The monoisotopic (exact) mass is 438 g/mol. The van der Waals surface area contributed by atoms with E-state index in [1.165, 1.54) is 0 Å². The highest BCUT2D eigenvalue weighted by Crippen LogP contribution is 2.27. The van der Waals surface area contributed by atoms with E-state index >= 15 is 0 Å². The number of benzene rings is 2. The van der Waals surface area contributed by atoms with Crippen LogP contribution in [-0.4, -0.2) is 44.7 Å². The number of hydrogen-bond acceptors (Lipinski definition) is 6. The molecule has 2 aromatic carbocycles. The molecule has 0 unspecified atom stereocenters. The van der Waals surface area contributed by atoms with Crippen LogP contribution in [0.4, 0.5) is 0 Å². The van der Waals surface area contributed by atoms with Gasteiger partial charge in [-0.2, -0.15) is 0 Å². The Morgan fingerprint density at radius 3 is 2.53 bits per heavy atom. The summed E-state index contributed by atoms with van der Waals surface area (Å²) in [5.74, 6) is 1.66. The van der Waals surface area contributed by atoms with Crippen LogP contribution < -0.4 is 19.5 Å². The molecule has 0 fully saturated rings. The van der Waals surface area contributed by atoms with Crippen molar-refractivity contribution < 1.29 is 23.4 Å². The first-order valence-corrected chi connectivity index (χ1v) is 10.4. The predicted molar refractivity (Wildman–Crippen MR) is 122 cm³/mol. The van der Waals surface area contributed by atoms with Gasteiger partial charge in [-0.3, -0.25) is 9.69 Å². The lowest BCUT2D eigenvalue weighted by molar-refractivity contribution is 0.0931.